The van der Waals surface area contributed by atoms with E-state index in [1.807, 2.05) is 38.1 Å². The van der Waals surface area contributed by atoms with Crippen molar-refractivity contribution in [3.63, 3.8) is 0 Å². The van der Waals surface area contributed by atoms with Crippen LogP contribution in [0.5, 0.6) is 0 Å². The first-order valence-corrected chi connectivity index (χ1v) is 8.85. The van der Waals surface area contributed by atoms with E-state index in [4.69, 9.17) is 16.3 Å². The number of aryl methyl sites for hydroxylation is 2. The topological polar surface area (TPSA) is 99.0 Å². The standard InChI is InChI=1S/C19H18ClN5O3/c1-12-3-6-14(7-4-12)19-22-24-25(23-19)10-18(27)28-11-17(26)21-15-8-5-13(2)16(20)9-15/h3-9H,10-11H2,1-2H3,(H,21,26). The Balaban J connectivity index is 1.49. The van der Waals surface area contributed by atoms with Crippen molar-refractivity contribution < 1.29 is 14.3 Å². The lowest BCUT2D eigenvalue weighted by atomic mass is 10.1. The maximum atomic E-state index is 11.9. The number of carbonyl (C=O) groups is 2. The third-order valence-electron chi connectivity index (χ3n) is 3.85. The number of aromatic nitrogens is 4. The van der Waals surface area contributed by atoms with E-state index in [2.05, 4.69) is 20.7 Å². The molecule has 0 bridgehead atoms. The van der Waals surface area contributed by atoms with Crippen LogP contribution in [0.4, 0.5) is 5.69 Å². The van der Waals surface area contributed by atoms with Gasteiger partial charge in [0.25, 0.3) is 5.91 Å². The fraction of sp³-hybridized carbons (Fsp3) is 0.211. The van der Waals surface area contributed by atoms with Crippen molar-refractivity contribution in [2.75, 3.05) is 11.9 Å². The molecule has 2 aromatic carbocycles. The molecule has 1 heterocycles. The molecule has 0 aliphatic rings. The van der Waals surface area contributed by atoms with Crippen molar-refractivity contribution in [1.29, 1.82) is 0 Å². The van der Waals surface area contributed by atoms with Gasteiger partial charge in [0.1, 0.15) is 0 Å². The summed E-state index contributed by atoms with van der Waals surface area (Å²) in [5.41, 5.74) is 3.33. The molecule has 8 nitrogen and oxygen atoms in total. The van der Waals surface area contributed by atoms with Gasteiger partial charge in [0.2, 0.25) is 5.82 Å². The van der Waals surface area contributed by atoms with E-state index in [9.17, 15) is 9.59 Å². The Hall–Kier alpha value is -3.26. The number of nitrogens with zero attached hydrogens (tertiary/aromatic N) is 4. The van der Waals surface area contributed by atoms with E-state index in [1.165, 1.54) is 0 Å². The summed E-state index contributed by atoms with van der Waals surface area (Å²) in [4.78, 5) is 24.9. The number of rotatable bonds is 6. The molecule has 3 aromatic rings. The van der Waals surface area contributed by atoms with Crippen molar-refractivity contribution in [3.05, 3.63) is 58.6 Å². The second-order valence-electron chi connectivity index (χ2n) is 6.18. The maximum Gasteiger partial charge on any atom is 0.330 e. The highest BCUT2D eigenvalue weighted by Gasteiger charge is 2.12. The number of ether oxygens (including phenoxy) is 1. The number of hydrogen-bond acceptors (Lipinski definition) is 6. The van der Waals surface area contributed by atoms with Crippen molar-refractivity contribution in [3.8, 4) is 11.4 Å². The molecule has 0 aliphatic carbocycles. The first kappa shape index (κ1) is 19.5. The van der Waals surface area contributed by atoms with Gasteiger partial charge in [0.15, 0.2) is 13.2 Å². The highest BCUT2D eigenvalue weighted by Crippen LogP contribution is 2.19. The molecule has 28 heavy (non-hydrogen) atoms. The highest BCUT2D eigenvalue weighted by atomic mass is 35.5. The number of tetrazole rings is 1. The van der Waals surface area contributed by atoms with Gasteiger partial charge in [-0.25, -0.2) is 4.79 Å². The molecule has 0 atom stereocenters. The number of benzene rings is 2. The Morgan fingerprint density at radius 3 is 2.61 bits per heavy atom. The maximum absolute atomic E-state index is 11.9. The molecule has 1 amide bonds. The smallest absolute Gasteiger partial charge is 0.330 e. The van der Waals surface area contributed by atoms with E-state index in [0.29, 0.717) is 16.5 Å². The predicted octanol–water partition coefficient (Wildman–Crippen LogP) is 2.79. The fourth-order valence-electron chi connectivity index (χ4n) is 2.30. The zero-order valence-corrected chi connectivity index (χ0v) is 16.1. The van der Waals surface area contributed by atoms with Crippen LogP contribution in [0.25, 0.3) is 11.4 Å². The molecular formula is C19H18ClN5O3. The lowest BCUT2D eigenvalue weighted by Crippen LogP contribution is -2.23. The van der Waals surface area contributed by atoms with Crippen LogP contribution in [0.15, 0.2) is 42.5 Å². The van der Waals surface area contributed by atoms with Crippen LogP contribution in [0.1, 0.15) is 11.1 Å². The first-order chi connectivity index (χ1) is 13.4. The Labute approximate surface area is 166 Å². The number of amides is 1. The van der Waals surface area contributed by atoms with Gasteiger partial charge in [-0.1, -0.05) is 47.5 Å². The van der Waals surface area contributed by atoms with Crippen LogP contribution < -0.4 is 5.32 Å². The molecule has 0 saturated carbocycles. The van der Waals surface area contributed by atoms with Gasteiger partial charge in [-0.3, -0.25) is 4.79 Å². The van der Waals surface area contributed by atoms with Crippen LogP contribution >= 0.6 is 11.6 Å². The molecule has 1 aromatic heterocycles. The average Bonchev–Trinajstić information content (AvgIpc) is 3.12. The van der Waals surface area contributed by atoms with E-state index in [1.54, 1.807) is 18.2 Å². The molecule has 1 N–H and O–H groups in total. The van der Waals surface area contributed by atoms with Crippen molar-refractivity contribution >= 4 is 29.2 Å². The molecule has 0 fully saturated rings. The Bertz CT molecular complexity index is 1000. The molecule has 9 heteroatoms. The lowest BCUT2D eigenvalue weighted by molar-refractivity contribution is -0.148. The van der Waals surface area contributed by atoms with Gasteiger partial charge >= 0.3 is 5.97 Å². The second kappa shape index (κ2) is 8.62. The van der Waals surface area contributed by atoms with Gasteiger partial charge in [0, 0.05) is 16.3 Å². The summed E-state index contributed by atoms with van der Waals surface area (Å²) < 4.78 is 4.95. The minimum Gasteiger partial charge on any atom is -0.454 e. The van der Waals surface area contributed by atoms with Crippen molar-refractivity contribution in [2.45, 2.75) is 20.4 Å². The summed E-state index contributed by atoms with van der Waals surface area (Å²) in [6, 6.07) is 12.7. The van der Waals surface area contributed by atoms with Gasteiger partial charge in [0.05, 0.1) is 0 Å². The van der Waals surface area contributed by atoms with Crippen molar-refractivity contribution in [1.82, 2.24) is 20.2 Å². The summed E-state index contributed by atoms with van der Waals surface area (Å²) in [7, 11) is 0. The molecule has 0 saturated heterocycles. The molecule has 0 spiro atoms. The SMILES string of the molecule is Cc1ccc(-c2nnn(CC(=O)OCC(=O)Nc3ccc(C)c(Cl)c3)n2)cc1. The highest BCUT2D eigenvalue weighted by molar-refractivity contribution is 6.31. The van der Waals surface area contributed by atoms with Crippen LogP contribution in [-0.2, 0) is 20.9 Å². The Morgan fingerprint density at radius 2 is 1.89 bits per heavy atom. The predicted molar refractivity (Wildman–Crippen MR) is 104 cm³/mol. The second-order valence-corrected chi connectivity index (χ2v) is 6.59. The van der Waals surface area contributed by atoms with Crippen LogP contribution in [0, 0.1) is 13.8 Å². The third kappa shape index (κ3) is 5.14. The van der Waals surface area contributed by atoms with Crippen molar-refractivity contribution in [2.24, 2.45) is 0 Å². The lowest BCUT2D eigenvalue weighted by Gasteiger charge is -2.07. The molecule has 3 rings (SSSR count). The third-order valence-corrected chi connectivity index (χ3v) is 4.26. The Kier molecular flexibility index (Phi) is 6.00. The summed E-state index contributed by atoms with van der Waals surface area (Å²) in [6.45, 7) is 3.16. The molecular weight excluding hydrogens is 382 g/mol. The number of nitrogens with one attached hydrogen (secondary N) is 1. The number of halogens is 1. The van der Waals surface area contributed by atoms with Gasteiger partial charge in [-0.05, 0) is 36.8 Å². The first-order valence-electron chi connectivity index (χ1n) is 8.47. The van der Waals surface area contributed by atoms with E-state index >= 15 is 0 Å². The van der Waals surface area contributed by atoms with Gasteiger partial charge in [-0.15, -0.1) is 10.2 Å². The van der Waals surface area contributed by atoms with E-state index in [0.717, 1.165) is 21.5 Å². The summed E-state index contributed by atoms with van der Waals surface area (Å²) in [5.74, 6) is -0.716. The number of hydrogen-bond donors (Lipinski definition) is 1. The van der Waals surface area contributed by atoms with Crippen LogP contribution in [-0.4, -0.2) is 38.7 Å². The molecule has 0 unspecified atom stereocenters. The Morgan fingerprint density at radius 1 is 1.14 bits per heavy atom. The van der Waals surface area contributed by atoms with E-state index < -0.39 is 18.5 Å². The minimum absolute atomic E-state index is 0.248. The average molecular weight is 400 g/mol. The zero-order chi connectivity index (χ0) is 20.1. The number of esters is 1. The summed E-state index contributed by atoms with van der Waals surface area (Å²) in [6.07, 6.45) is 0. The minimum atomic E-state index is -0.648. The molecule has 144 valence electrons. The molecule has 0 radical (unpaired) electrons. The summed E-state index contributed by atoms with van der Waals surface area (Å²) >= 11 is 6.01. The monoisotopic (exact) mass is 399 g/mol. The van der Waals surface area contributed by atoms with E-state index in [-0.39, 0.29) is 6.54 Å². The quantitative estimate of drug-likeness (QED) is 0.640. The van der Waals surface area contributed by atoms with Gasteiger partial charge < -0.3 is 10.1 Å². The fourth-order valence-corrected chi connectivity index (χ4v) is 2.48. The molecule has 0 aliphatic heterocycles. The summed E-state index contributed by atoms with van der Waals surface area (Å²) in [5, 5.41) is 15.0. The van der Waals surface area contributed by atoms with Crippen LogP contribution in [0.3, 0.4) is 0 Å². The number of carbonyl (C=O) groups excluding carboxylic acids is 2. The largest absolute Gasteiger partial charge is 0.454 e. The van der Waals surface area contributed by atoms with Gasteiger partial charge in [-0.2, -0.15) is 4.80 Å². The van der Waals surface area contributed by atoms with Crippen LogP contribution in [0.2, 0.25) is 5.02 Å². The zero-order valence-electron chi connectivity index (χ0n) is 15.3. The number of anilines is 1. The normalized spacial score (nSPS) is 10.5.